The van der Waals surface area contributed by atoms with E-state index in [4.69, 9.17) is 0 Å². The van der Waals surface area contributed by atoms with Crippen LogP contribution in [0.15, 0.2) is 24.3 Å². The van der Waals surface area contributed by atoms with Gasteiger partial charge in [-0.25, -0.2) is 8.78 Å². The summed E-state index contributed by atoms with van der Waals surface area (Å²) in [4.78, 5) is 4.67. The summed E-state index contributed by atoms with van der Waals surface area (Å²) in [5, 5.41) is 25.4. The molecule has 9 heteroatoms. The van der Waals surface area contributed by atoms with Crippen LogP contribution < -0.4 is 15.5 Å². The van der Waals surface area contributed by atoms with Gasteiger partial charge < -0.3 is 20.6 Å². The first-order chi connectivity index (χ1) is 15.6. The SMILES string of the molecule is CCN(C1CCNCC1)[C@H]1CN2c3cc(-c4cccc(F)c4O)nnc3NC[C@@]2(CF)C1. The van der Waals surface area contributed by atoms with E-state index in [0.29, 0.717) is 30.6 Å². The molecular weight excluding hydrogens is 414 g/mol. The fourth-order valence-electron chi connectivity index (χ4n) is 5.70. The van der Waals surface area contributed by atoms with E-state index in [1.807, 2.05) is 0 Å². The summed E-state index contributed by atoms with van der Waals surface area (Å²) in [6.07, 6.45) is 2.95. The second kappa shape index (κ2) is 8.44. The number of alkyl halides is 1. The Labute approximate surface area is 186 Å². The minimum Gasteiger partial charge on any atom is -0.504 e. The molecule has 2 atom stereocenters. The van der Waals surface area contributed by atoms with E-state index in [9.17, 15) is 13.9 Å². The molecule has 1 aromatic carbocycles. The van der Waals surface area contributed by atoms with Gasteiger partial charge in [0.1, 0.15) is 6.67 Å². The van der Waals surface area contributed by atoms with Crippen LogP contribution in [-0.4, -0.2) is 77.2 Å². The van der Waals surface area contributed by atoms with Gasteiger partial charge >= 0.3 is 0 Å². The first kappa shape index (κ1) is 21.3. The first-order valence-corrected chi connectivity index (χ1v) is 11.5. The number of piperidine rings is 1. The lowest BCUT2D eigenvalue weighted by atomic mass is 9.92. The highest BCUT2D eigenvalue weighted by Gasteiger charge is 2.51. The number of aromatic hydroxyl groups is 1. The Morgan fingerprint density at radius 1 is 1.25 bits per heavy atom. The monoisotopic (exact) mass is 444 g/mol. The van der Waals surface area contributed by atoms with Crippen molar-refractivity contribution in [3.05, 3.63) is 30.1 Å². The van der Waals surface area contributed by atoms with E-state index in [2.05, 4.69) is 37.6 Å². The van der Waals surface area contributed by atoms with Crippen molar-refractivity contribution in [3.63, 3.8) is 0 Å². The molecule has 3 aliphatic rings. The molecule has 2 aromatic rings. The van der Waals surface area contributed by atoms with E-state index in [1.54, 1.807) is 12.1 Å². The van der Waals surface area contributed by atoms with Gasteiger partial charge in [-0.2, -0.15) is 0 Å². The van der Waals surface area contributed by atoms with Crippen LogP contribution in [0.5, 0.6) is 5.75 Å². The molecule has 5 rings (SSSR count). The number of phenols is 1. The van der Waals surface area contributed by atoms with Crippen LogP contribution >= 0.6 is 0 Å². The third kappa shape index (κ3) is 3.47. The molecule has 32 heavy (non-hydrogen) atoms. The molecule has 3 N–H and O–H groups in total. The zero-order chi connectivity index (χ0) is 22.3. The maximum Gasteiger partial charge on any atom is 0.172 e. The van der Waals surface area contributed by atoms with Gasteiger partial charge in [0.25, 0.3) is 0 Å². The summed E-state index contributed by atoms with van der Waals surface area (Å²) in [5.74, 6) is -0.566. The predicted molar refractivity (Wildman–Crippen MR) is 120 cm³/mol. The van der Waals surface area contributed by atoms with Crippen molar-refractivity contribution in [3.8, 4) is 17.0 Å². The summed E-state index contributed by atoms with van der Waals surface area (Å²) in [6.45, 7) is 5.86. The van der Waals surface area contributed by atoms with E-state index in [-0.39, 0.29) is 11.6 Å². The number of hydrogen-bond acceptors (Lipinski definition) is 7. The van der Waals surface area contributed by atoms with Crippen LogP contribution in [0.1, 0.15) is 26.2 Å². The molecule has 0 amide bonds. The van der Waals surface area contributed by atoms with Gasteiger partial charge in [-0.15, -0.1) is 10.2 Å². The Balaban J connectivity index is 1.49. The fourth-order valence-corrected chi connectivity index (χ4v) is 5.70. The Hall–Kier alpha value is -2.52. The average Bonchev–Trinajstić information content (AvgIpc) is 3.22. The van der Waals surface area contributed by atoms with Crippen LogP contribution in [-0.2, 0) is 0 Å². The standard InChI is InChI=1S/C23H30F2N6O/c1-2-30(15-6-8-26-9-7-15)16-11-23(13-24)14-27-22-20(31(23)12-16)10-19(28-29-22)17-4-3-5-18(25)21(17)32/h3-5,10,15-16,26,32H,2,6-9,11-14H2,1H3,(H,27,29)/t16-,23+/m1/s1. The molecule has 0 saturated carbocycles. The van der Waals surface area contributed by atoms with Crippen molar-refractivity contribution in [2.24, 2.45) is 0 Å². The van der Waals surface area contributed by atoms with Crippen molar-refractivity contribution in [1.82, 2.24) is 20.4 Å². The summed E-state index contributed by atoms with van der Waals surface area (Å²) in [7, 11) is 0. The number of anilines is 2. The van der Waals surface area contributed by atoms with E-state index < -0.39 is 23.8 Å². The van der Waals surface area contributed by atoms with Crippen molar-refractivity contribution in [2.75, 3.05) is 49.6 Å². The number of fused-ring (bicyclic) bond motifs is 3. The molecule has 2 fully saturated rings. The van der Waals surface area contributed by atoms with Crippen LogP contribution in [0.25, 0.3) is 11.3 Å². The Bertz CT molecular complexity index is 985. The molecule has 7 nitrogen and oxygen atoms in total. The van der Waals surface area contributed by atoms with Crippen LogP contribution in [0.2, 0.25) is 0 Å². The maximum atomic E-state index is 14.6. The summed E-state index contributed by atoms with van der Waals surface area (Å²) in [5.41, 5.74) is 0.748. The molecule has 4 heterocycles. The quantitative estimate of drug-likeness (QED) is 0.655. The molecule has 0 spiro atoms. The zero-order valence-electron chi connectivity index (χ0n) is 18.3. The molecule has 3 aliphatic heterocycles. The number of halogens is 2. The minimum absolute atomic E-state index is 0.241. The van der Waals surface area contributed by atoms with Gasteiger partial charge in [-0.3, -0.25) is 4.90 Å². The lowest BCUT2D eigenvalue weighted by Crippen LogP contribution is -2.54. The number of benzene rings is 1. The number of hydrogen-bond donors (Lipinski definition) is 3. The average molecular weight is 445 g/mol. The summed E-state index contributed by atoms with van der Waals surface area (Å²) >= 11 is 0. The van der Waals surface area contributed by atoms with E-state index in [1.165, 1.54) is 12.1 Å². The second-order valence-corrected chi connectivity index (χ2v) is 9.09. The highest BCUT2D eigenvalue weighted by atomic mass is 19.1. The van der Waals surface area contributed by atoms with Gasteiger partial charge in [-0.05, 0) is 57.1 Å². The molecule has 0 bridgehead atoms. The summed E-state index contributed by atoms with van der Waals surface area (Å²) < 4.78 is 28.5. The zero-order valence-corrected chi connectivity index (χ0v) is 18.3. The van der Waals surface area contributed by atoms with Crippen LogP contribution in [0.3, 0.4) is 0 Å². The molecule has 0 radical (unpaired) electrons. The molecule has 2 saturated heterocycles. The van der Waals surface area contributed by atoms with Crippen LogP contribution in [0.4, 0.5) is 20.3 Å². The van der Waals surface area contributed by atoms with Crippen molar-refractivity contribution >= 4 is 11.5 Å². The van der Waals surface area contributed by atoms with Gasteiger partial charge in [0.15, 0.2) is 17.4 Å². The normalized spacial score (nSPS) is 25.5. The van der Waals surface area contributed by atoms with Gasteiger partial charge in [0, 0.05) is 30.7 Å². The third-order valence-electron chi connectivity index (χ3n) is 7.35. The predicted octanol–water partition coefficient (Wildman–Crippen LogP) is 2.77. The first-order valence-electron chi connectivity index (χ1n) is 11.5. The van der Waals surface area contributed by atoms with Gasteiger partial charge in [0.05, 0.1) is 16.9 Å². The summed E-state index contributed by atoms with van der Waals surface area (Å²) in [6, 6.07) is 6.87. The number of nitrogens with zero attached hydrogens (tertiary/aromatic N) is 4. The van der Waals surface area contributed by atoms with Crippen molar-refractivity contribution in [2.45, 2.75) is 43.8 Å². The third-order valence-corrected chi connectivity index (χ3v) is 7.35. The maximum absolute atomic E-state index is 14.6. The molecular formula is C23H30F2N6O. The molecule has 0 unspecified atom stereocenters. The van der Waals surface area contributed by atoms with Gasteiger partial charge in [-0.1, -0.05) is 13.0 Å². The molecule has 0 aliphatic carbocycles. The minimum atomic E-state index is -0.708. The number of rotatable bonds is 5. The number of nitrogens with one attached hydrogen (secondary N) is 2. The molecule has 1 aromatic heterocycles. The number of phenolic OH excluding ortho intramolecular Hbond substituents is 1. The number of aromatic nitrogens is 2. The van der Waals surface area contributed by atoms with Gasteiger partial charge in [0.2, 0.25) is 0 Å². The Kier molecular flexibility index (Phi) is 5.63. The number of likely N-dealkylation sites (N-methyl/N-ethyl adjacent to an activating group) is 1. The van der Waals surface area contributed by atoms with E-state index in [0.717, 1.165) is 44.6 Å². The lowest BCUT2D eigenvalue weighted by molar-refractivity contribution is 0.118. The van der Waals surface area contributed by atoms with Crippen molar-refractivity contribution < 1.29 is 13.9 Å². The Morgan fingerprint density at radius 2 is 2.06 bits per heavy atom. The smallest absolute Gasteiger partial charge is 0.172 e. The van der Waals surface area contributed by atoms with Crippen molar-refractivity contribution in [1.29, 1.82) is 0 Å². The number of para-hydroxylation sites is 1. The fraction of sp³-hybridized carbons (Fsp3) is 0.565. The topological polar surface area (TPSA) is 76.5 Å². The van der Waals surface area contributed by atoms with Crippen LogP contribution in [0, 0.1) is 5.82 Å². The molecule has 172 valence electrons. The largest absolute Gasteiger partial charge is 0.504 e. The van der Waals surface area contributed by atoms with E-state index >= 15 is 0 Å². The highest BCUT2D eigenvalue weighted by Crippen LogP contribution is 2.45. The second-order valence-electron chi connectivity index (χ2n) is 9.09. The Morgan fingerprint density at radius 3 is 2.81 bits per heavy atom. The lowest BCUT2D eigenvalue weighted by Gasteiger charge is -2.42. The highest BCUT2D eigenvalue weighted by molar-refractivity contribution is 5.77.